The van der Waals surface area contributed by atoms with Crippen LogP contribution in [0, 0.1) is 5.41 Å². The van der Waals surface area contributed by atoms with Gasteiger partial charge in [0.05, 0.1) is 5.56 Å². The molecule has 1 atom stereocenters. The maximum absolute atomic E-state index is 13.6. The number of unbranched alkanes of at least 4 members (excludes halogenated alkanes) is 1. The number of aromatic nitrogens is 2. The Hall–Kier alpha value is -3.78. The van der Waals surface area contributed by atoms with Gasteiger partial charge in [0.15, 0.2) is 5.96 Å². The van der Waals surface area contributed by atoms with E-state index in [1.807, 2.05) is 13.0 Å². The van der Waals surface area contributed by atoms with Gasteiger partial charge in [-0.05, 0) is 37.5 Å². The second-order valence-electron chi connectivity index (χ2n) is 7.78. The fourth-order valence-electron chi connectivity index (χ4n) is 3.31. The molecule has 0 aliphatic carbocycles. The zero-order valence-electron chi connectivity index (χ0n) is 19.6. The number of halogens is 6. The molecule has 3 rings (SSSR count). The molecule has 1 fully saturated rings. The van der Waals surface area contributed by atoms with Crippen molar-refractivity contribution in [1.82, 2.24) is 15.0 Å². The summed E-state index contributed by atoms with van der Waals surface area (Å²) in [5, 5.41) is 18.6. The molecule has 0 saturated carbocycles. The summed E-state index contributed by atoms with van der Waals surface area (Å²) < 4.78 is 83.0. The molecule has 37 heavy (non-hydrogen) atoms. The van der Waals surface area contributed by atoms with E-state index in [1.165, 1.54) is 12.1 Å². The third kappa shape index (κ3) is 8.39. The number of alkyl halides is 6. The number of benzene rings is 1. The summed E-state index contributed by atoms with van der Waals surface area (Å²) in [6, 6.07) is 3.34. The second kappa shape index (κ2) is 12.5. The first-order valence-electron chi connectivity index (χ1n) is 11.0. The number of allylic oxidation sites excluding steroid dienone is 1. The van der Waals surface area contributed by atoms with Gasteiger partial charge in [-0.2, -0.15) is 31.3 Å². The number of likely N-dealkylation sites (tertiary alicyclic amines) is 1. The average molecular weight is 537 g/mol. The lowest BCUT2D eigenvalue weighted by Crippen LogP contribution is -2.35. The molecule has 1 aliphatic rings. The first kappa shape index (κ1) is 29.5. The van der Waals surface area contributed by atoms with Crippen LogP contribution in [0.3, 0.4) is 0 Å². The van der Waals surface area contributed by atoms with Crippen LogP contribution in [0.2, 0.25) is 0 Å². The van der Waals surface area contributed by atoms with E-state index in [0.717, 1.165) is 25.3 Å². The summed E-state index contributed by atoms with van der Waals surface area (Å²) in [5.41, 5.74) is 4.83. The molecule has 1 aromatic heterocycles. The highest BCUT2D eigenvalue weighted by molar-refractivity contribution is 5.75. The predicted octanol–water partition coefficient (Wildman–Crippen LogP) is 5.15. The van der Waals surface area contributed by atoms with Crippen molar-refractivity contribution in [3.63, 3.8) is 0 Å². The minimum atomic E-state index is -5.08. The van der Waals surface area contributed by atoms with Crippen LogP contribution in [-0.4, -0.2) is 51.4 Å². The summed E-state index contributed by atoms with van der Waals surface area (Å²) in [7, 11) is 0. The maximum atomic E-state index is 13.6. The van der Waals surface area contributed by atoms with Crippen LogP contribution in [0.25, 0.3) is 11.4 Å². The molecule has 0 amide bonds. The van der Waals surface area contributed by atoms with Gasteiger partial charge < -0.3 is 25.0 Å². The van der Waals surface area contributed by atoms with Gasteiger partial charge in [-0.15, -0.1) is 0 Å². The van der Waals surface area contributed by atoms with Crippen molar-refractivity contribution >= 4 is 11.9 Å². The van der Waals surface area contributed by atoms with Crippen LogP contribution in [0.1, 0.15) is 50.1 Å². The molecule has 1 unspecified atom stereocenters. The number of carbonyl (C=O) groups is 1. The van der Waals surface area contributed by atoms with Gasteiger partial charge in [0.25, 0.3) is 0 Å². The SMILES string of the molecule is CCCC=CCOc1ccc(-c2noc(C3CCCN3C(=N)N)n2)cc1C(F)(F)F.O=C(O)C(F)(F)F. The van der Waals surface area contributed by atoms with Gasteiger partial charge in [0, 0.05) is 12.1 Å². The highest BCUT2D eigenvalue weighted by Crippen LogP contribution is 2.39. The molecular formula is C22H25F6N5O4. The number of rotatable bonds is 7. The topological polar surface area (TPSA) is 139 Å². The van der Waals surface area contributed by atoms with Crippen molar-refractivity contribution in [1.29, 1.82) is 5.41 Å². The van der Waals surface area contributed by atoms with E-state index in [-0.39, 0.29) is 41.6 Å². The van der Waals surface area contributed by atoms with E-state index >= 15 is 0 Å². The number of aliphatic carboxylic acids is 1. The van der Waals surface area contributed by atoms with Crippen LogP contribution in [0.5, 0.6) is 5.75 Å². The lowest BCUT2D eigenvalue weighted by Gasteiger charge is -2.21. The molecule has 2 aromatic rings. The third-order valence-corrected chi connectivity index (χ3v) is 5.03. The van der Waals surface area contributed by atoms with Crippen LogP contribution in [-0.2, 0) is 11.0 Å². The Morgan fingerprint density at radius 2 is 1.97 bits per heavy atom. The van der Waals surface area contributed by atoms with Gasteiger partial charge in [-0.1, -0.05) is 30.7 Å². The largest absolute Gasteiger partial charge is 0.490 e. The van der Waals surface area contributed by atoms with Gasteiger partial charge in [0.2, 0.25) is 11.7 Å². The molecule has 4 N–H and O–H groups in total. The second-order valence-corrected chi connectivity index (χ2v) is 7.78. The molecule has 0 spiro atoms. The van der Waals surface area contributed by atoms with Gasteiger partial charge in [0.1, 0.15) is 18.4 Å². The Morgan fingerprint density at radius 1 is 1.30 bits per heavy atom. The number of guanidine groups is 1. The zero-order valence-corrected chi connectivity index (χ0v) is 19.6. The van der Waals surface area contributed by atoms with Crippen LogP contribution in [0.4, 0.5) is 26.3 Å². The number of hydrogen-bond acceptors (Lipinski definition) is 6. The standard InChI is InChI=1S/C20H24F3N5O2.C2HF3O2/c1-2-3-4-5-11-29-16-9-8-13(12-14(16)20(21,22)23)17-26-18(30-27-17)15-7-6-10-28(15)19(24)25;3-2(4,5)1(6)7/h4-5,8-9,12,15H,2-3,6-7,10-11H2,1H3,(H3,24,25);(H,6,7). The van der Waals surface area contributed by atoms with Crippen LogP contribution >= 0.6 is 0 Å². The van der Waals surface area contributed by atoms with Gasteiger partial charge >= 0.3 is 18.3 Å². The molecular weight excluding hydrogens is 512 g/mol. The molecule has 1 aromatic carbocycles. The van der Waals surface area contributed by atoms with E-state index in [0.29, 0.717) is 13.0 Å². The van der Waals surface area contributed by atoms with E-state index < -0.39 is 23.9 Å². The zero-order chi connectivity index (χ0) is 27.8. The normalized spacial score (nSPS) is 16.0. The van der Waals surface area contributed by atoms with E-state index in [1.54, 1.807) is 11.0 Å². The summed E-state index contributed by atoms with van der Waals surface area (Å²) in [5.74, 6) is -2.85. The minimum Gasteiger partial charge on any atom is -0.489 e. The minimum absolute atomic E-state index is 0.0419. The molecule has 204 valence electrons. The number of carboxylic acids is 1. The highest BCUT2D eigenvalue weighted by Gasteiger charge is 2.38. The van der Waals surface area contributed by atoms with Crippen molar-refractivity contribution < 1.29 is 45.5 Å². The van der Waals surface area contributed by atoms with Crippen molar-refractivity contribution in [2.24, 2.45) is 5.73 Å². The first-order valence-corrected chi connectivity index (χ1v) is 11.0. The van der Waals surface area contributed by atoms with E-state index in [4.69, 9.17) is 30.3 Å². The monoisotopic (exact) mass is 537 g/mol. The molecule has 1 aliphatic heterocycles. The van der Waals surface area contributed by atoms with E-state index in [9.17, 15) is 26.3 Å². The Balaban J connectivity index is 0.000000604. The first-order chi connectivity index (χ1) is 17.3. The summed E-state index contributed by atoms with van der Waals surface area (Å²) in [6.45, 7) is 2.66. The third-order valence-electron chi connectivity index (χ3n) is 5.03. The average Bonchev–Trinajstić information content (AvgIpc) is 3.48. The quantitative estimate of drug-likeness (QED) is 0.191. The number of nitrogens with two attached hydrogens (primary N) is 1. The Bertz CT molecular complexity index is 1100. The Labute approximate surface area is 207 Å². The number of carboxylic acid groups (broad SMARTS) is 1. The lowest BCUT2D eigenvalue weighted by molar-refractivity contribution is -0.192. The molecule has 2 heterocycles. The summed E-state index contributed by atoms with van der Waals surface area (Å²) in [4.78, 5) is 14.8. The smallest absolute Gasteiger partial charge is 0.489 e. The van der Waals surface area contributed by atoms with Crippen molar-refractivity contribution in [3.05, 3.63) is 41.8 Å². The highest BCUT2D eigenvalue weighted by atomic mass is 19.4. The number of nitrogens with one attached hydrogen (secondary N) is 1. The Kier molecular flexibility index (Phi) is 9.91. The lowest BCUT2D eigenvalue weighted by atomic mass is 10.1. The van der Waals surface area contributed by atoms with E-state index in [2.05, 4.69) is 10.1 Å². The van der Waals surface area contributed by atoms with Gasteiger partial charge in [-0.3, -0.25) is 5.41 Å². The van der Waals surface area contributed by atoms with Crippen LogP contribution in [0.15, 0.2) is 34.9 Å². The van der Waals surface area contributed by atoms with Crippen LogP contribution < -0.4 is 10.5 Å². The molecule has 9 nitrogen and oxygen atoms in total. The Morgan fingerprint density at radius 3 is 2.54 bits per heavy atom. The summed E-state index contributed by atoms with van der Waals surface area (Å²) >= 11 is 0. The van der Waals surface area contributed by atoms with Crippen molar-refractivity contribution in [3.8, 4) is 17.1 Å². The molecule has 0 radical (unpaired) electrons. The van der Waals surface area contributed by atoms with Crippen molar-refractivity contribution in [2.45, 2.75) is 51.0 Å². The maximum Gasteiger partial charge on any atom is 0.490 e. The van der Waals surface area contributed by atoms with Crippen molar-refractivity contribution in [2.75, 3.05) is 13.2 Å². The fraction of sp³-hybridized carbons (Fsp3) is 0.455. The predicted molar refractivity (Wildman–Crippen MR) is 119 cm³/mol. The summed E-state index contributed by atoms with van der Waals surface area (Å²) in [6.07, 6.45) is -2.83. The molecule has 1 saturated heterocycles. The molecule has 0 bridgehead atoms. The van der Waals surface area contributed by atoms with Gasteiger partial charge in [-0.25, -0.2) is 4.79 Å². The number of hydrogen-bond donors (Lipinski definition) is 3. The number of ether oxygens (including phenoxy) is 1. The molecule has 15 heteroatoms. The number of nitrogens with zero attached hydrogens (tertiary/aromatic N) is 3. The fourth-order valence-corrected chi connectivity index (χ4v) is 3.31.